The summed E-state index contributed by atoms with van der Waals surface area (Å²) in [6.07, 6.45) is 6.51. The molecule has 0 aliphatic carbocycles. The number of aliphatic imine (C=N–C) groups is 1. The Morgan fingerprint density at radius 1 is 1.14 bits per heavy atom. The first-order chi connectivity index (χ1) is 10.8. The highest BCUT2D eigenvalue weighted by atomic mass is 16.5. The summed E-state index contributed by atoms with van der Waals surface area (Å²) in [6.45, 7) is 2.00. The van der Waals surface area contributed by atoms with Gasteiger partial charge >= 0.3 is 0 Å². The number of fused-ring (bicyclic) bond motifs is 1. The van der Waals surface area contributed by atoms with E-state index < -0.39 is 0 Å². The van der Waals surface area contributed by atoms with Gasteiger partial charge in [0, 0.05) is 18.0 Å². The minimum atomic E-state index is -0.0581. The summed E-state index contributed by atoms with van der Waals surface area (Å²) in [5.74, 6) is 1.33. The molecule has 3 rings (SSSR count). The number of nitrogens with zero attached hydrogens (tertiary/aromatic N) is 5. The van der Waals surface area contributed by atoms with Gasteiger partial charge in [-0.15, -0.1) is 0 Å². The number of methoxy groups -OCH3 is 1. The Kier molecular flexibility index (Phi) is 4.00. The van der Waals surface area contributed by atoms with Gasteiger partial charge in [-0.25, -0.2) is 19.9 Å². The highest BCUT2D eigenvalue weighted by Crippen LogP contribution is 2.26. The second-order valence-electron chi connectivity index (χ2n) is 4.69. The highest BCUT2D eigenvalue weighted by Gasteiger charge is 2.09. The van der Waals surface area contributed by atoms with Crippen LogP contribution in [0, 0.1) is 0 Å². The van der Waals surface area contributed by atoms with Gasteiger partial charge in [0.05, 0.1) is 25.6 Å². The summed E-state index contributed by atoms with van der Waals surface area (Å²) in [7, 11) is 1.65. The van der Waals surface area contributed by atoms with Crippen molar-refractivity contribution in [2.75, 3.05) is 7.11 Å². The van der Waals surface area contributed by atoms with Crippen LogP contribution >= 0.6 is 0 Å². The maximum atomic E-state index is 5.35. The second kappa shape index (κ2) is 6.26. The summed E-state index contributed by atoms with van der Waals surface area (Å²) >= 11 is 0. The molecule has 0 saturated heterocycles. The van der Waals surface area contributed by atoms with Crippen molar-refractivity contribution in [2.45, 2.75) is 13.0 Å². The average molecular weight is 293 g/mol. The zero-order valence-corrected chi connectivity index (χ0v) is 12.3. The normalized spacial score (nSPS) is 12.6. The lowest BCUT2D eigenvalue weighted by atomic mass is 10.1. The molecule has 0 bridgehead atoms. The number of ether oxygens (including phenoxy) is 1. The summed E-state index contributed by atoms with van der Waals surface area (Å²) in [5.41, 5.74) is 2.24. The van der Waals surface area contributed by atoms with Gasteiger partial charge in [-0.3, -0.25) is 4.99 Å². The molecule has 3 aromatic rings. The molecule has 6 heteroatoms. The molecule has 0 fully saturated rings. The lowest BCUT2D eigenvalue weighted by Crippen LogP contribution is -1.99. The van der Waals surface area contributed by atoms with Crippen molar-refractivity contribution in [3.8, 4) is 5.75 Å². The quantitative estimate of drug-likeness (QED) is 0.691. The molecule has 0 amide bonds. The largest absolute Gasteiger partial charge is 0.496 e. The summed E-state index contributed by atoms with van der Waals surface area (Å²) in [6, 6.07) is 7.75. The molecular formula is C16H15N5O. The molecule has 2 heterocycles. The Bertz CT molecular complexity index is 818. The number of benzene rings is 1. The van der Waals surface area contributed by atoms with Crippen LogP contribution in [0.3, 0.4) is 0 Å². The zero-order chi connectivity index (χ0) is 15.4. The molecule has 0 aliphatic heterocycles. The minimum absolute atomic E-state index is 0.0581. The van der Waals surface area contributed by atoms with Crippen LogP contribution in [0.2, 0.25) is 0 Å². The van der Waals surface area contributed by atoms with Gasteiger partial charge < -0.3 is 4.74 Å². The van der Waals surface area contributed by atoms with E-state index in [1.165, 1.54) is 0 Å². The van der Waals surface area contributed by atoms with E-state index in [4.69, 9.17) is 4.74 Å². The van der Waals surface area contributed by atoms with E-state index in [1.807, 2.05) is 31.2 Å². The Morgan fingerprint density at radius 3 is 2.82 bits per heavy atom. The fraction of sp³-hybridized carbons (Fsp3) is 0.188. The first-order valence-corrected chi connectivity index (χ1v) is 6.88. The first kappa shape index (κ1) is 14.1. The monoisotopic (exact) mass is 293 g/mol. The fourth-order valence-electron chi connectivity index (χ4n) is 2.12. The van der Waals surface area contributed by atoms with Crippen molar-refractivity contribution >= 4 is 17.4 Å². The third-order valence-corrected chi connectivity index (χ3v) is 3.25. The molecule has 1 atom stereocenters. The van der Waals surface area contributed by atoms with E-state index in [0.29, 0.717) is 17.0 Å². The van der Waals surface area contributed by atoms with Gasteiger partial charge in [-0.05, 0) is 13.0 Å². The van der Waals surface area contributed by atoms with Gasteiger partial charge in [0.15, 0.2) is 11.5 Å². The van der Waals surface area contributed by atoms with E-state index in [-0.39, 0.29) is 6.04 Å². The summed E-state index contributed by atoms with van der Waals surface area (Å²) < 4.78 is 5.35. The third-order valence-electron chi connectivity index (χ3n) is 3.25. The van der Waals surface area contributed by atoms with Gasteiger partial charge in [-0.2, -0.15) is 0 Å². The Balaban J connectivity index is 1.85. The van der Waals surface area contributed by atoms with Gasteiger partial charge in [0.1, 0.15) is 11.3 Å². The average Bonchev–Trinajstić information content (AvgIpc) is 2.59. The van der Waals surface area contributed by atoms with E-state index in [0.717, 1.165) is 11.3 Å². The third kappa shape index (κ3) is 2.90. The molecule has 0 radical (unpaired) electrons. The van der Waals surface area contributed by atoms with Gasteiger partial charge in [0.2, 0.25) is 0 Å². The summed E-state index contributed by atoms with van der Waals surface area (Å²) in [5, 5.41) is 0. The maximum absolute atomic E-state index is 5.35. The topological polar surface area (TPSA) is 73.2 Å². The zero-order valence-electron chi connectivity index (χ0n) is 12.3. The number of aromatic nitrogens is 4. The van der Waals surface area contributed by atoms with Crippen molar-refractivity contribution in [1.29, 1.82) is 0 Å². The van der Waals surface area contributed by atoms with Crippen molar-refractivity contribution in [2.24, 2.45) is 4.99 Å². The van der Waals surface area contributed by atoms with Crippen LogP contribution in [0.15, 0.2) is 47.8 Å². The van der Waals surface area contributed by atoms with Crippen molar-refractivity contribution in [1.82, 2.24) is 19.9 Å². The van der Waals surface area contributed by atoms with Gasteiger partial charge in [-0.1, -0.05) is 18.2 Å². The molecule has 0 saturated carbocycles. The van der Waals surface area contributed by atoms with Crippen molar-refractivity contribution < 1.29 is 4.74 Å². The number of para-hydroxylation sites is 1. The number of hydrogen-bond acceptors (Lipinski definition) is 6. The van der Waals surface area contributed by atoms with Crippen LogP contribution < -0.4 is 4.74 Å². The van der Waals surface area contributed by atoms with Crippen molar-refractivity contribution in [3.05, 3.63) is 54.2 Å². The Hall–Kier alpha value is -2.89. The standard InChI is InChI=1S/C16H15N5O/c1-11(12-5-3-4-6-14(12)22-2)19-10-15-20-9-13-16(21-15)18-8-7-17-13/h3-11H,1-2H3/b19-10-. The lowest BCUT2D eigenvalue weighted by Gasteiger charge is -2.11. The van der Waals surface area contributed by atoms with E-state index in [2.05, 4.69) is 24.9 Å². The fourth-order valence-corrected chi connectivity index (χ4v) is 2.12. The highest BCUT2D eigenvalue weighted by molar-refractivity contribution is 5.78. The molecule has 1 aromatic carbocycles. The van der Waals surface area contributed by atoms with Crippen LogP contribution in [0.25, 0.3) is 11.2 Å². The smallest absolute Gasteiger partial charge is 0.181 e. The predicted octanol–water partition coefficient (Wildman–Crippen LogP) is 2.61. The van der Waals surface area contributed by atoms with Crippen LogP contribution in [-0.4, -0.2) is 33.3 Å². The van der Waals surface area contributed by atoms with Crippen LogP contribution in [-0.2, 0) is 0 Å². The maximum Gasteiger partial charge on any atom is 0.181 e. The van der Waals surface area contributed by atoms with Crippen LogP contribution in [0.4, 0.5) is 0 Å². The van der Waals surface area contributed by atoms with Crippen LogP contribution in [0.1, 0.15) is 24.4 Å². The number of hydrogen-bond donors (Lipinski definition) is 0. The molecule has 0 N–H and O–H groups in total. The molecular weight excluding hydrogens is 278 g/mol. The SMILES string of the molecule is COc1ccccc1C(C)/N=C\c1ncc2nccnc2n1. The van der Waals surface area contributed by atoms with Crippen LogP contribution in [0.5, 0.6) is 5.75 Å². The van der Waals surface area contributed by atoms with Crippen molar-refractivity contribution in [3.63, 3.8) is 0 Å². The van der Waals surface area contributed by atoms with Gasteiger partial charge in [0.25, 0.3) is 0 Å². The van der Waals surface area contributed by atoms with E-state index in [1.54, 1.807) is 31.9 Å². The minimum Gasteiger partial charge on any atom is -0.496 e. The van der Waals surface area contributed by atoms with E-state index >= 15 is 0 Å². The molecule has 22 heavy (non-hydrogen) atoms. The first-order valence-electron chi connectivity index (χ1n) is 6.88. The molecule has 6 nitrogen and oxygen atoms in total. The molecule has 0 aliphatic rings. The lowest BCUT2D eigenvalue weighted by molar-refractivity contribution is 0.407. The molecule has 110 valence electrons. The summed E-state index contributed by atoms with van der Waals surface area (Å²) in [4.78, 5) is 21.3. The molecule has 1 unspecified atom stereocenters. The Morgan fingerprint density at radius 2 is 1.95 bits per heavy atom. The number of rotatable bonds is 4. The second-order valence-corrected chi connectivity index (χ2v) is 4.69. The molecule has 2 aromatic heterocycles. The predicted molar refractivity (Wildman–Crippen MR) is 84.1 cm³/mol. The molecule has 0 spiro atoms. The van der Waals surface area contributed by atoms with E-state index in [9.17, 15) is 0 Å². The Labute approximate surface area is 128 Å².